The number of ether oxygens (including phenoxy) is 3. The zero-order valence-electron chi connectivity index (χ0n) is 21.8. The number of fused-ring (bicyclic) bond motifs is 4. The van der Waals surface area contributed by atoms with E-state index in [1.807, 2.05) is 0 Å². The normalized spacial score (nSPS) is 20.1. The van der Waals surface area contributed by atoms with Crippen molar-refractivity contribution in [1.82, 2.24) is 0 Å². The second-order valence-electron chi connectivity index (χ2n) is 10.0. The van der Waals surface area contributed by atoms with Crippen molar-refractivity contribution in [2.45, 2.75) is 11.6 Å². The molecule has 222 valence electrons. The summed E-state index contributed by atoms with van der Waals surface area (Å²) in [4.78, 5) is 26.7. The van der Waals surface area contributed by atoms with Crippen LogP contribution in [-0.2, 0) is 5.79 Å². The molecule has 0 saturated carbocycles. The number of hydrogen-bond acceptors (Lipinski definition) is 14. The molecule has 0 bridgehead atoms. The Bertz CT molecular complexity index is 2150. The highest BCUT2D eigenvalue weighted by molar-refractivity contribution is 6.08. The Balaban J connectivity index is 1.43. The lowest BCUT2D eigenvalue weighted by Crippen LogP contribution is -2.70. The minimum Gasteiger partial charge on any atom is -0.508 e. The van der Waals surface area contributed by atoms with Crippen molar-refractivity contribution < 1.29 is 64.3 Å². The molecule has 0 spiro atoms. The number of aromatic hydroxyl groups is 7. The second-order valence-corrected chi connectivity index (χ2v) is 10.0. The Morgan fingerprint density at radius 1 is 0.614 bits per heavy atom. The molecule has 1 aromatic heterocycles. The van der Waals surface area contributed by atoms with Crippen molar-refractivity contribution in [2.24, 2.45) is 0 Å². The number of phenols is 6. The average molecular weight is 602 g/mol. The molecule has 0 amide bonds. The Kier molecular flexibility index (Phi) is 5.21. The second kappa shape index (κ2) is 8.62. The topological polar surface area (TPSA) is 237 Å². The summed E-state index contributed by atoms with van der Waals surface area (Å²) < 4.78 is 23.4. The molecule has 0 unspecified atom stereocenters. The fourth-order valence-electron chi connectivity index (χ4n) is 5.28. The van der Waals surface area contributed by atoms with E-state index in [9.17, 15) is 50.4 Å². The molecule has 2 aliphatic heterocycles. The van der Waals surface area contributed by atoms with Gasteiger partial charge in [0.2, 0.25) is 11.2 Å². The van der Waals surface area contributed by atoms with Crippen LogP contribution in [0, 0.1) is 0 Å². The molecule has 44 heavy (non-hydrogen) atoms. The van der Waals surface area contributed by atoms with Crippen LogP contribution >= 0.6 is 0 Å². The summed E-state index contributed by atoms with van der Waals surface area (Å²) >= 11 is 0. The molecule has 0 fully saturated rings. The van der Waals surface area contributed by atoms with Crippen LogP contribution in [0.1, 0.15) is 15.9 Å². The first-order chi connectivity index (χ1) is 20.8. The van der Waals surface area contributed by atoms with E-state index < -0.39 is 85.5 Å². The lowest BCUT2D eigenvalue weighted by Gasteiger charge is -2.50. The monoisotopic (exact) mass is 602 g/mol. The van der Waals surface area contributed by atoms with Crippen LogP contribution < -0.4 is 19.6 Å². The predicted octanol–water partition coefficient (Wildman–Crippen LogP) is 2.99. The van der Waals surface area contributed by atoms with Gasteiger partial charge in [-0.15, -0.1) is 0 Å². The maximum absolute atomic E-state index is 13.9. The predicted molar refractivity (Wildman–Crippen MR) is 145 cm³/mol. The van der Waals surface area contributed by atoms with Crippen molar-refractivity contribution in [3.05, 3.63) is 82.0 Å². The smallest absolute Gasteiger partial charge is 0.357 e. The molecule has 0 saturated heterocycles. The van der Waals surface area contributed by atoms with Crippen LogP contribution in [0.5, 0.6) is 57.5 Å². The molecule has 8 N–H and O–H groups in total. The van der Waals surface area contributed by atoms with Gasteiger partial charge in [-0.2, -0.15) is 0 Å². The van der Waals surface area contributed by atoms with Gasteiger partial charge in [0, 0.05) is 35.4 Å². The van der Waals surface area contributed by atoms with Gasteiger partial charge in [-0.05, 0) is 36.4 Å². The molecule has 5 aromatic rings. The van der Waals surface area contributed by atoms with Crippen molar-refractivity contribution in [1.29, 1.82) is 0 Å². The Hall–Kier alpha value is -6.28. The van der Waals surface area contributed by atoms with E-state index in [1.54, 1.807) is 0 Å². The Morgan fingerprint density at radius 2 is 1.32 bits per heavy atom. The van der Waals surface area contributed by atoms with E-state index >= 15 is 0 Å². The molecule has 3 heterocycles. The van der Waals surface area contributed by atoms with Gasteiger partial charge in [0.05, 0.1) is 0 Å². The first-order valence-corrected chi connectivity index (χ1v) is 12.6. The van der Waals surface area contributed by atoms with Gasteiger partial charge in [-0.3, -0.25) is 9.59 Å². The Morgan fingerprint density at radius 3 is 2.07 bits per heavy atom. The van der Waals surface area contributed by atoms with Gasteiger partial charge in [0.1, 0.15) is 45.3 Å². The number of benzene rings is 4. The first kappa shape index (κ1) is 26.6. The minimum absolute atomic E-state index is 0.0394. The Labute approximate surface area is 243 Å². The molecular formula is C30H18O14. The van der Waals surface area contributed by atoms with Crippen molar-refractivity contribution >= 4 is 16.8 Å². The minimum atomic E-state index is -3.15. The van der Waals surface area contributed by atoms with Crippen LogP contribution in [0.3, 0.4) is 0 Å². The third-order valence-corrected chi connectivity index (χ3v) is 7.31. The van der Waals surface area contributed by atoms with Crippen LogP contribution in [-0.4, -0.2) is 52.4 Å². The number of hydrogen-bond donors (Lipinski definition) is 8. The highest BCUT2D eigenvalue weighted by atomic mass is 16.8. The molecule has 14 heteroatoms. The zero-order valence-corrected chi connectivity index (χ0v) is 21.8. The lowest BCUT2D eigenvalue weighted by molar-refractivity contribution is -0.316. The lowest BCUT2D eigenvalue weighted by atomic mass is 9.85. The number of carbonyl (C=O) groups is 1. The van der Waals surface area contributed by atoms with Gasteiger partial charge >= 0.3 is 11.6 Å². The first-order valence-electron chi connectivity index (χ1n) is 12.6. The fraction of sp³-hybridized carbons (Fsp3) is 0.0667. The summed E-state index contributed by atoms with van der Waals surface area (Å²) in [6, 6.07) is 10.6. The summed E-state index contributed by atoms with van der Waals surface area (Å²) in [7, 11) is 0. The van der Waals surface area contributed by atoms with E-state index in [0.29, 0.717) is 0 Å². The van der Waals surface area contributed by atoms with Gasteiger partial charge in [-0.1, -0.05) is 0 Å². The zero-order chi connectivity index (χ0) is 31.3. The van der Waals surface area contributed by atoms with Crippen molar-refractivity contribution in [2.75, 3.05) is 0 Å². The number of Topliss-reactive ketones (excluding diaryl/α,β-unsaturated/α-hetero) is 1. The van der Waals surface area contributed by atoms with Crippen molar-refractivity contribution in [3.63, 3.8) is 0 Å². The standard InChI is InChI=1S/C30H18O14/c31-13-7-17(35)23-21(9-13)41-27(26(38)25(23)37)11-1-4-19-20(5-11)42-29(40)28(39)24-18(36)8-14(32)10-22(24)44-30(29,43-19)12-2-3-15(33)16(34)6-12/h1-10,31-36,38,40H/t29-,30-/m1/s1. The van der Waals surface area contributed by atoms with Gasteiger partial charge < -0.3 is 59.5 Å². The molecule has 2 aliphatic rings. The molecule has 7 rings (SSSR count). The summed E-state index contributed by atoms with van der Waals surface area (Å²) in [5.41, 5.74) is -2.15. The average Bonchev–Trinajstić information content (AvgIpc) is 2.95. The molecule has 0 radical (unpaired) electrons. The van der Waals surface area contributed by atoms with Crippen LogP contribution in [0.2, 0.25) is 0 Å². The summed E-state index contributed by atoms with van der Waals surface area (Å²) in [5.74, 6) is -12.9. The third-order valence-electron chi connectivity index (χ3n) is 7.31. The number of carbonyl (C=O) groups excluding carboxylic acids is 1. The number of aliphatic hydroxyl groups is 1. The third kappa shape index (κ3) is 3.45. The molecule has 2 atom stereocenters. The van der Waals surface area contributed by atoms with Gasteiger partial charge in [0.25, 0.3) is 5.78 Å². The van der Waals surface area contributed by atoms with Gasteiger partial charge in [0.15, 0.2) is 28.8 Å². The SMILES string of the molecule is O=C1c2c(O)cc(O)cc2O[C@@]2(c3ccc(O)c(O)c3)Oc3ccc(-c4oc5cc(O)cc(O)c5c(=O)c4O)cc3O[C@]12O. The number of phenolic OH excluding ortho intramolecular Hbond substituents is 6. The fourth-order valence-corrected chi connectivity index (χ4v) is 5.28. The molecular weight excluding hydrogens is 584 g/mol. The highest BCUT2D eigenvalue weighted by Crippen LogP contribution is 2.56. The largest absolute Gasteiger partial charge is 0.508 e. The summed E-state index contributed by atoms with van der Waals surface area (Å²) in [6.07, 6.45) is 0. The quantitative estimate of drug-likeness (QED) is 0.136. The highest BCUT2D eigenvalue weighted by Gasteiger charge is 2.70. The van der Waals surface area contributed by atoms with Gasteiger partial charge in [-0.25, -0.2) is 0 Å². The van der Waals surface area contributed by atoms with E-state index in [0.717, 1.165) is 48.5 Å². The van der Waals surface area contributed by atoms with Crippen molar-refractivity contribution in [3.8, 4) is 68.8 Å². The maximum Gasteiger partial charge on any atom is 0.357 e. The van der Waals surface area contributed by atoms with Crippen LogP contribution in [0.15, 0.2) is 69.9 Å². The van der Waals surface area contributed by atoms with E-state index in [2.05, 4.69) is 0 Å². The van der Waals surface area contributed by atoms with Crippen LogP contribution in [0.4, 0.5) is 0 Å². The van der Waals surface area contributed by atoms with E-state index in [1.165, 1.54) is 12.1 Å². The maximum atomic E-state index is 13.9. The molecule has 14 nitrogen and oxygen atoms in total. The van der Waals surface area contributed by atoms with E-state index in [-0.39, 0.29) is 28.2 Å². The number of ketones is 1. The number of rotatable bonds is 2. The summed E-state index contributed by atoms with van der Waals surface area (Å²) in [6.45, 7) is 0. The molecule has 0 aliphatic carbocycles. The van der Waals surface area contributed by atoms with E-state index in [4.69, 9.17) is 18.6 Å². The molecule has 4 aromatic carbocycles. The summed E-state index contributed by atoms with van der Waals surface area (Å²) in [5, 5.41) is 82.8. The van der Waals surface area contributed by atoms with Crippen LogP contribution in [0.25, 0.3) is 22.3 Å².